The van der Waals surface area contributed by atoms with Crippen molar-refractivity contribution in [3.05, 3.63) is 42.1 Å². The van der Waals surface area contributed by atoms with Crippen molar-refractivity contribution in [2.75, 3.05) is 11.9 Å². The lowest BCUT2D eigenvalue weighted by molar-refractivity contribution is -0.118. The van der Waals surface area contributed by atoms with Crippen molar-refractivity contribution >= 4 is 11.7 Å². The first-order chi connectivity index (χ1) is 9.67. The number of nitrogens with zero attached hydrogens (tertiary/aromatic N) is 3. The van der Waals surface area contributed by atoms with Gasteiger partial charge in [0.1, 0.15) is 12.3 Å². The molecule has 2 aromatic rings. The Morgan fingerprint density at radius 1 is 1.50 bits per heavy atom. The van der Waals surface area contributed by atoms with Gasteiger partial charge in [-0.2, -0.15) is 10.4 Å². The van der Waals surface area contributed by atoms with Gasteiger partial charge in [0, 0.05) is 12.3 Å². The maximum atomic E-state index is 11.7. The molecule has 0 aliphatic carbocycles. The molecule has 0 unspecified atom stereocenters. The zero-order valence-electron chi connectivity index (χ0n) is 11.0. The van der Waals surface area contributed by atoms with Crippen molar-refractivity contribution in [1.29, 1.82) is 5.26 Å². The van der Waals surface area contributed by atoms with E-state index in [0.717, 1.165) is 5.56 Å². The number of anilines is 1. The fourth-order valence-electron chi connectivity index (χ4n) is 1.62. The SMILES string of the molecule is Cc1cccc(OCC(=O)Nc2ccn(CC#N)n2)c1. The molecule has 20 heavy (non-hydrogen) atoms. The monoisotopic (exact) mass is 270 g/mol. The van der Waals surface area contributed by atoms with E-state index in [9.17, 15) is 4.79 Å². The van der Waals surface area contributed by atoms with Crippen molar-refractivity contribution in [2.45, 2.75) is 13.5 Å². The maximum absolute atomic E-state index is 11.7. The molecule has 2 rings (SSSR count). The third-order valence-corrected chi connectivity index (χ3v) is 2.50. The van der Waals surface area contributed by atoms with Gasteiger partial charge in [0.05, 0.1) is 6.07 Å². The second-order valence-corrected chi connectivity index (χ2v) is 4.21. The Balaban J connectivity index is 1.84. The minimum Gasteiger partial charge on any atom is -0.484 e. The predicted molar refractivity (Wildman–Crippen MR) is 73.1 cm³/mol. The van der Waals surface area contributed by atoms with Gasteiger partial charge >= 0.3 is 0 Å². The highest BCUT2D eigenvalue weighted by molar-refractivity contribution is 5.90. The lowest BCUT2D eigenvalue weighted by Gasteiger charge is -2.06. The molecular formula is C14H14N4O2. The van der Waals surface area contributed by atoms with Gasteiger partial charge in [0.25, 0.3) is 5.91 Å². The molecule has 0 spiro atoms. The van der Waals surface area contributed by atoms with Crippen LogP contribution in [0.4, 0.5) is 5.82 Å². The summed E-state index contributed by atoms with van der Waals surface area (Å²) < 4.78 is 6.82. The Hall–Kier alpha value is -2.81. The molecule has 0 fully saturated rings. The molecule has 1 aromatic heterocycles. The standard InChI is InChI=1S/C14H14N4O2/c1-11-3-2-4-12(9-11)20-10-14(19)16-13-5-7-18(17-13)8-6-15/h2-5,7,9H,8,10H2,1H3,(H,16,17,19). The van der Waals surface area contributed by atoms with Crippen molar-refractivity contribution in [1.82, 2.24) is 9.78 Å². The van der Waals surface area contributed by atoms with Crippen LogP contribution in [0.2, 0.25) is 0 Å². The molecule has 0 radical (unpaired) electrons. The van der Waals surface area contributed by atoms with E-state index in [1.165, 1.54) is 4.68 Å². The van der Waals surface area contributed by atoms with Crippen LogP contribution in [0.5, 0.6) is 5.75 Å². The summed E-state index contributed by atoms with van der Waals surface area (Å²) >= 11 is 0. The summed E-state index contributed by atoms with van der Waals surface area (Å²) in [4.78, 5) is 11.7. The van der Waals surface area contributed by atoms with Crippen LogP contribution < -0.4 is 10.1 Å². The molecule has 102 valence electrons. The molecule has 0 bridgehead atoms. The Labute approximate surface area is 116 Å². The van der Waals surface area contributed by atoms with Crippen molar-refractivity contribution in [3.63, 3.8) is 0 Å². The highest BCUT2D eigenvalue weighted by Gasteiger charge is 2.06. The zero-order chi connectivity index (χ0) is 14.4. The molecule has 0 aliphatic heterocycles. The Kier molecular flexibility index (Phi) is 4.35. The van der Waals surface area contributed by atoms with E-state index in [2.05, 4.69) is 10.4 Å². The van der Waals surface area contributed by atoms with Gasteiger partial charge < -0.3 is 10.1 Å². The predicted octanol–water partition coefficient (Wildman–Crippen LogP) is 1.73. The van der Waals surface area contributed by atoms with Crippen LogP contribution in [0.15, 0.2) is 36.5 Å². The van der Waals surface area contributed by atoms with Crippen LogP contribution in [0.25, 0.3) is 0 Å². The van der Waals surface area contributed by atoms with Crippen molar-refractivity contribution in [3.8, 4) is 11.8 Å². The molecule has 6 nitrogen and oxygen atoms in total. The fraction of sp³-hybridized carbons (Fsp3) is 0.214. The number of hydrogen-bond donors (Lipinski definition) is 1. The van der Waals surface area contributed by atoms with Crippen LogP contribution in [-0.2, 0) is 11.3 Å². The third-order valence-electron chi connectivity index (χ3n) is 2.50. The first-order valence-corrected chi connectivity index (χ1v) is 6.07. The molecule has 0 aliphatic rings. The summed E-state index contributed by atoms with van der Waals surface area (Å²) in [5.41, 5.74) is 1.07. The molecule has 6 heteroatoms. The van der Waals surface area contributed by atoms with Gasteiger partial charge in [-0.15, -0.1) is 0 Å². The first-order valence-electron chi connectivity index (χ1n) is 6.07. The number of aryl methyl sites for hydroxylation is 1. The van der Waals surface area contributed by atoms with E-state index in [4.69, 9.17) is 10.00 Å². The van der Waals surface area contributed by atoms with Gasteiger partial charge in [0.2, 0.25) is 0 Å². The molecule has 1 amide bonds. The lowest BCUT2D eigenvalue weighted by Crippen LogP contribution is -2.20. The molecule has 1 heterocycles. The van der Waals surface area contributed by atoms with Crippen molar-refractivity contribution in [2.24, 2.45) is 0 Å². The molecule has 0 atom stereocenters. The number of rotatable bonds is 5. The Morgan fingerprint density at radius 3 is 3.10 bits per heavy atom. The number of aromatic nitrogens is 2. The number of ether oxygens (including phenoxy) is 1. The Bertz CT molecular complexity index is 643. The van der Waals surface area contributed by atoms with Crippen LogP contribution in [0.1, 0.15) is 5.56 Å². The summed E-state index contributed by atoms with van der Waals surface area (Å²) in [6.07, 6.45) is 1.63. The molecule has 1 N–H and O–H groups in total. The van der Waals surface area contributed by atoms with E-state index in [1.54, 1.807) is 18.3 Å². The topological polar surface area (TPSA) is 79.9 Å². The van der Waals surface area contributed by atoms with Gasteiger partial charge in [-0.1, -0.05) is 12.1 Å². The van der Waals surface area contributed by atoms with E-state index in [1.807, 2.05) is 31.2 Å². The summed E-state index contributed by atoms with van der Waals surface area (Å²) in [7, 11) is 0. The van der Waals surface area contributed by atoms with E-state index < -0.39 is 0 Å². The normalized spacial score (nSPS) is 9.80. The summed E-state index contributed by atoms with van der Waals surface area (Å²) in [5.74, 6) is 0.752. The van der Waals surface area contributed by atoms with Crippen molar-refractivity contribution < 1.29 is 9.53 Å². The van der Waals surface area contributed by atoms with Crippen LogP contribution in [0.3, 0.4) is 0 Å². The summed E-state index contributed by atoms with van der Waals surface area (Å²) in [6, 6.07) is 11.1. The highest BCUT2D eigenvalue weighted by atomic mass is 16.5. The van der Waals surface area contributed by atoms with Gasteiger partial charge in [-0.05, 0) is 24.6 Å². The van der Waals surface area contributed by atoms with Gasteiger partial charge in [-0.3, -0.25) is 9.48 Å². The molecule has 0 saturated carbocycles. The molecule has 1 aromatic carbocycles. The third kappa shape index (κ3) is 3.85. The van der Waals surface area contributed by atoms with E-state index in [-0.39, 0.29) is 19.1 Å². The largest absolute Gasteiger partial charge is 0.484 e. The van der Waals surface area contributed by atoms with E-state index in [0.29, 0.717) is 11.6 Å². The second-order valence-electron chi connectivity index (χ2n) is 4.21. The Morgan fingerprint density at radius 2 is 2.35 bits per heavy atom. The number of amides is 1. The highest BCUT2D eigenvalue weighted by Crippen LogP contribution is 2.12. The number of benzene rings is 1. The van der Waals surface area contributed by atoms with E-state index >= 15 is 0 Å². The number of carbonyl (C=O) groups excluding carboxylic acids is 1. The van der Waals surface area contributed by atoms with Gasteiger partial charge in [0.15, 0.2) is 12.4 Å². The fourth-order valence-corrected chi connectivity index (χ4v) is 1.62. The van der Waals surface area contributed by atoms with Crippen LogP contribution in [-0.4, -0.2) is 22.3 Å². The summed E-state index contributed by atoms with van der Waals surface area (Å²) in [5, 5.41) is 15.1. The number of carbonyl (C=O) groups is 1. The zero-order valence-corrected chi connectivity index (χ0v) is 11.0. The number of nitrogens with one attached hydrogen (secondary N) is 1. The average Bonchev–Trinajstić information content (AvgIpc) is 2.84. The number of nitriles is 1. The number of hydrogen-bond acceptors (Lipinski definition) is 4. The first kappa shape index (κ1) is 13.6. The minimum atomic E-state index is -0.297. The average molecular weight is 270 g/mol. The molecular weight excluding hydrogens is 256 g/mol. The quantitative estimate of drug-likeness (QED) is 0.897. The maximum Gasteiger partial charge on any atom is 0.263 e. The van der Waals surface area contributed by atoms with Crippen LogP contribution >= 0.6 is 0 Å². The van der Waals surface area contributed by atoms with Gasteiger partial charge in [-0.25, -0.2) is 0 Å². The second kappa shape index (κ2) is 6.38. The summed E-state index contributed by atoms with van der Waals surface area (Å²) in [6.45, 7) is 2.01. The lowest BCUT2D eigenvalue weighted by atomic mass is 10.2. The molecule has 0 saturated heterocycles. The smallest absolute Gasteiger partial charge is 0.263 e. The minimum absolute atomic E-state index is 0.0887. The van der Waals surface area contributed by atoms with Crippen LogP contribution in [0, 0.1) is 18.3 Å².